The molecule has 0 spiro atoms. The van der Waals surface area contributed by atoms with Gasteiger partial charge in [-0.05, 0) is 53.9 Å². The first-order chi connectivity index (χ1) is 13.7. The first-order valence-electron chi connectivity index (χ1n) is 9.17. The molecule has 5 heteroatoms. The maximum Gasteiger partial charge on any atom is 0.161 e. The molecule has 5 nitrogen and oxygen atoms in total. The third kappa shape index (κ3) is 3.39. The van der Waals surface area contributed by atoms with Crippen molar-refractivity contribution in [3.05, 3.63) is 72.1 Å². The summed E-state index contributed by atoms with van der Waals surface area (Å²) in [5, 5.41) is 3.58. The lowest BCUT2D eigenvalue weighted by atomic mass is 9.98. The number of anilines is 1. The number of aryl methyl sites for hydroxylation is 1. The third-order valence-corrected chi connectivity index (χ3v) is 4.91. The standard InChI is InChI=1S/C23H23N3O2/c1-15-5-4-6-19(23(15)17-8-10-21(27-2)22(12-17)28-3)24-13-16-7-9-18-20(11-16)26-14-25-18/h4-12,14,24H,13H2,1-3H3,(H,25,26). The zero-order valence-corrected chi connectivity index (χ0v) is 16.2. The Bertz CT molecular complexity index is 1120. The topological polar surface area (TPSA) is 59.2 Å². The molecule has 1 aromatic heterocycles. The number of rotatable bonds is 6. The maximum atomic E-state index is 5.49. The van der Waals surface area contributed by atoms with Crippen LogP contribution in [-0.2, 0) is 6.54 Å². The minimum absolute atomic E-state index is 0.715. The highest BCUT2D eigenvalue weighted by Crippen LogP contribution is 2.37. The van der Waals surface area contributed by atoms with Crippen LogP contribution in [0, 0.1) is 6.92 Å². The predicted molar refractivity (Wildman–Crippen MR) is 113 cm³/mol. The molecule has 0 fully saturated rings. The van der Waals surface area contributed by atoms with Gasteiger partial charge >= 0.3 is 0 Å². The largest absolute Gasteiger partial charge is 0.493 e. The van der Waals surface area contributed by atoms with Gasteiger partial charge in [-0.3, -0.25) is 0 Å². The van der Waals surface area contributed by atoms with E-state index in [1.807, 2.05) is 12.1 Å². The Kier molecular flexibility index (Phi) is 4.89. The van der Waals surface area contributed by atoms with E-state index in [4.69, 9.17) is 9.47 Å². The minimum atomic E-state index is 0.715. The van der Waals surface area contributed by atoms with Gasteiger partial charge in [-0.15, -0.1) is 0 Å². The number of ether oxygens (including phenoxy) is 2. The molecule has 4 rings (SSSR count). The van der Waals surface area contributed by atoms with Gasteiger partial charge in [0.25, 0.3) is 0 Å². The van der Waals surface area contributed by atoms with Crippen LogP contribution in [0.4, 0.5) is 5.69 Å². The Morgan fingerprint density at radius 1 is 0.964 bits per heavy atom. The van der Waals surface area contributed by atoms with Crippen LogP contribution >= 0.6 is 0 Å². The first kappa shape index (κ1) is 17.9. The van der Waals surface area contributed by atoms with Gasteiger partial charge < -0.3 is 19.8 Å². The third-order valence-electron chi connectivity index (χ3n) is 4.91. The second-order valence-corrected chi connectivity index (χ2v) is 6.67. The van der Waals surface area contributed by atoms with Gasteiger partial charge in [-0.1, -0.05) is 24.3 Å². The Morgan fingerprint density at radius 2 is 1.82 bits per heavy atom. The number of aromatic nitrogens is 2. The highest BCUT2D eigenvalue weighted by atomic mass is 16.5. The number of hydrogen-bond donors (Lipinski definition) is 2. The highest BCUT2D eigenvalue weighted by Gasteiger charge is 2.12. The highest BCUT2D eigenvalue weighted by molar-refractivity contribution is 5.82. The van der Waals surface area contributed by atoms with Crippen molar-refractivity contribution in [2.75, 3.05) is 19.5 Å². The van der Waals surface area contributed by atoms with Crippen molar-refractivity contribution in [2.24, 2.45) is 0 Å². The maximum absolute atomic E-state index is 5.49. The molecule has 4 aromatic rings. The van der Waals surface area contributed by atoms with Crippen LogP contribution in [0.3, 0.4) is 0 Å². The number of benzene rings is 3. The van der Waals surface area contributed by atoms with Gasteiger partial charge in [0.15, 0.2) is 11.5 Å². The van der Waals surface area contributed by atoms with Crippen LogP contribution in [-0.4, -0.2) is 24.2 Å². The normalized spacial score (nSPS) is 10.8. The number of hydrogen-bond acceptors (Lipinski definition) is 4. The van der Waals surface area contributed by atoms with Gasteiger partial charge in [-0.2, -0.15) is 0 Å². The van der Waals surface area contributed by atoms with E-state index in [1.54, 1.807) is 20.5 Å². The lowest BCUT2D eigenvalue weighted by molar-refractivity contribution is 0.355. The lowest BCUT2D eigenvalue weighted by Gasteiger charge is -2.17. The number of H-pyrrole nitrogens is 1. The zero-order chi connectivity index (χ0) is 19.5. The summed E-state index contributed by atoms with van der Waals surface area (Å²) >= 11 is 0. The average Bonchev–Trinajstić information content (AvgIpc) is 3.19. The van der Waals surface area contributed by atoms with Gasteiger partial charge in [-0.25, -0.2) is 4.98 Å². The van der Waals surface area contributed by atoms with E-state index in [1.165, 1.54) is 11.1 Å². The van der Waals surface area contributed by atoms with E-state index >= 15 is 0 Å². The van der Waals surface area contributed by atoms with E-state index in [0.29, 0.717) is 6.54 Å². The minimum Gasteiger partial charge on any atom is -0.493 e. The van der Waals surface area contributed by atoms with E-state index in [9.17, 15) is 0 Å². The smallest absolute Gasteiger partial charge is 0.161 e. The summed E-state index contributed by atoms with van der Waals surface area (Å²) in [5.74, 6) is 1.44. The second kappa shape index (κ2) is 7.64. The molecule has 0 bridgehead atoms. The fourth-order valence-electron chi connectivity index (χ4n) is 3.47. The molecule has 0 saturated carbocycles. The van der Waals surface area contributed by atoms with Crippen molar-refractivity contribution in [3.8, 4) is 22.6 Å². The molecule has 3 aromatic carbocycles. The van der Waals surface area contributed by atoms with Crippen molar-refractivity contribution in [1.29, 1.82) is 0 Å². The van der Waals surface area contributed by atoms with Crippen LogP contribution in [0.2, 0.25) is 0 Å². The van der Waals surface area contributed by atoms with Crippen LogP contribution in [0.5, 0.6) is 11.5 Å². The van der Waals surface area contributed by atoms with Crippen molar-refractivity contribution in [3.63, 3.8) is 0 Å². The van der Waals surface area contributed by atoms with Crippen molar-refractivity contribution in [2.45, 2.75) is 13.5 Å². The van der Waals surface area contributed by atoms with Crippen LogP contribution < -0.4 is 14.8 Å². The summed E-state index contributed by atoms with van der Waals surface area (Å²) in [4.78, 5) is 7.47. The molecule has 1 heterocycles. The molecule has 0 aliphatic carbocycles. The number of nitrogens with zero attached hydrogens (tertiary/aromatic N) is 1. The first-order valence-corrected chi connectivity index (χ1v) is 9.17. The van der Waals surface area contributed by atoms with Crippen LogP contribution in [0.1, 0.15) is 11.1 Å². The molecule has 0 saturated heterocycles. The number of fused-ring (bicyclic) bond motifs is 1. The number of imidazole rings is 1. The van der Waals surface area contributed by atoms with Gasteiger partial charge in [0.05, 0.1) is 31.6 Å². The van der Waals surface area contributed by atoms with Gasteiger partial charge in [0, 0.05) is 17.8 Å². The van der Waals surface area contributed by atoms with E-state index in [0.717, 1.165) is 39.3 Å². The number of nitrogens with one attached hydrogen (secondary N) is 2. The fourth-order valence-corrected chi connectivity index (χ4v) is 3.47. The molecule has 0 unspecified atom stereocenters. The van der Waals surface area contributed by atoms with Crippen molar-refractivity contribution >= 4 is 16.7 Å². The summed E-state index contributed by atoms with van der Waals surface area (Å²) in [6.45, 7) is 2.83. The molecule has 0 aliphatic rings. The molecule has 0 amide bonds. The Balaban J connectivity index is 1.66. The Labute approximate surface area is 164 Å². The van der Waals surface area contributed by atoms with Gasteiger partial charge in [0.1, 0.15) is 0 Å². The summed E-state index contributed by atoms with van der Waals surface area (Å²) in [6.07, 6.45) is 1.72. The van der Waals surface area contributed by atoms with Gasteiger partial charge in [0.2, 0.25) is 0 Å². The summed E-state index contributed by atoms with van der Waals surface area (Å²) < 4.78 is 10.9. The summed E-state index contributed by atoms with van der Waals surface area (Å²) in [5.41, 5.74) is 7.72. The van der Waals surface area contributed by atoms with E-state index < -0.39 is 0 Å². The molecule has 0 radical (unpaired) electrons. The molecular weight excluding hydrogens is 350 g/mol. The fraction of sp³-hybridized carbons (Fsp3) is 0.174. The van der Waals surface area contributed by atoms with Crippen molar-refractivity contribution < 1.29 is 9.47 Å². The lowest BCUT2D eigenvalue weighted by Crippen LogP contribution is -2.02. The Hall–Kier alpha value is -3.47. The van der Waals surface area contributed by atoms with Crippen molar-refractivity contribution in [1.82, 2.24) is 9.97 Å². The zero-order valence-electron chi connectivity index (χ0n) is 16.2. The predicted octanol–water partition coefficient (Wildman–Crippen LogP) is 5.17. The molecule has 0 atom stereocenters. The monoisotopic (exact) mass is 373 g/mol. The van der Waals surface area contributed by atoms with Crippen LogP contribution in [0.25, 0.3) is 22.2 Å². The van der Waals surface area contributed by atoms with E-state index in [-0.39, 0.29) is 0 Å². The average molecular weight is 373 g/mol. The quantitative estimate of drug-likeness (QED) is 0.490. The molecule has 142 valence electrons. The summed E-state index contributed by atoms with van der Waals surface area (Å²) in [7, 11) is 3.30. The van der Waals surface area contributed by atoms with Crippen LogP contribution in [0.15, 0.2) is 60.9 Å². The number of aromatic amines is 1. The SMILES string of the molecule is COc1ccc(-c2c(C)cccc2NCc2ccc3[nH]cnc3c2)cc1OC. The second-order valence-electron chi connectivity index (χ2n) is 6.67. The molecular formula is C23H23N3O2. The Morgan fingerprint density at radius 3 is 2.64 bits per heavy atom. The molecule has 0 aliphatic heterocycles. The molecule has 2 N–H and O–H groups in total. The van der Waals surface area contributed by atoms with E-state index in [2.05, 4.69) is 64.7 Å². The molecule has 28 heavy (non-hydrogen) atoms. The summed E-state index contributed by atoms with van der Waals surface area (Å²) in [6, 6.07) is 18.6. The number of methoxy groups -OCH3 is 2.